The number of aliphatic imine (C=N–C) groups is 2. The highest BCUT2D eigenvalue weighted by molar-refractivity contribution is 6.35. The van der Waals surface area contributed by atoms with Gasteiger partial charge >= 0.3 is 0 Å². The average Bonchev–Trinajstić information content (AvgIpc) is 3.78. The van der Waals surface area contributed by atoms with Gasteiger partial charge in [0.25, 0.3) is 0 Å². The lowest BCUT2D eigenvalue weighted by molar-refractivity contribution is 0.288. The van der Waals surface area contributed by atoms with Gasteiger partial charge in [0.05, 0.1) is 5.69 Å². The number of benzene rings is 2. The summed E-state index contributed by atoms with van der Waals surface area (Å²) >= 11 is 13.8. The van der Waals surface area contributed by atoms with E-state index in [0.29, 0.717) is 18.0 Å². The van der Waals surface area contributed by atoms with Crippen LogP contribution >= 0.6 is 23.2 Å². The summed E-state index contributed by atoms with van der Waals surface area (Å²) in [6, 6.07) is 12.1. The van der Waals surface area contributed by atoms with E-state index in [-0.39, 0.29) is 0 Å². The van der Waals surface area contributed by atoms with Crippen molar-refractivity contribution in [1.82, 2.24) is 15.5 Å². The first kappa shape index (κ1) is 30.1. The fourth-order valence-corrected chi connectivity index (χ4v) is 7.93. The smallest absolute Gasteiger partial charge is 0.133 e. The Balaban J connectivity index is 1.19. The van der Waals surface area contributed by atoms with Crippen LogP contribution in [0.5, 0.6) is 0 Å². The molecule has 2 saturated carbocycles. The van der Waals surface area contributed by atoms with Gasteiger partial charge in [-0.05, 0) is 119 Å². The minimum atomic E-state index is 0.514. The van der Waals surface area contributed by atoms with E-state index in [1.54, 1.807) is 0 Å². The first-order valence-corrected chi connectivity index (χ1v) is 17.1. The van der Waals surface area contributed by atoms with Crippen molar-refractivity contribution < 1.29 is 0 Å². The van der Waals surface area contributed by atoms with E-state index in [4.69, 9.17) is 28.2 Å². The van der Waals surface area contributed by atoms with Crippen molar-refractivity contribution in [2.45, 2.75) is 102 Å². The largest absolute Gasteiger partial charge is 0.353 e. The van der Waals surface area contributed by atoms with Crippen LogP contribution in [0.15, 0.2) is 40.3 Å². The van der Waals surface area contributed by atoms with Crippen LogP contribution in [0, 0.1) is 5.92 Å². The Morgan fingerprint density at radius 2 is 1.69 bits per heavy atom. The number of hydrogen-bond acceptors (Lipinski definition) is 4. The minimum Gasteiger partial charge on any atom is -0.353 e. The number of hydrogen-bond donors (Lipinski definition) is 2. The molecule has 2 N–H and O–H groups in total. The molecule has 5 nitrogen and oxygen atoms in total. The highest BCUT2D eigenvalue weighted by atomic mass is 35.5. The van der Waals surface area contributed by atoms with Gasteiger partial charge in [-0.1, -0.05) is 48.7 Å². The quantitative estimate of drug-likeness (QED) is 0.153. The van der Waals surface area contributed by atoms with Crippen molar-refractivity contribution >= 4 is 41.4 Å². The van der Waals surface area contributed by atoms with Gasteiger partial charge in [-0.25, -0.2) is 0 Å². The molecule has 7 heteroatoms. The van der Waals surface area contributed by atoms with Gasteiger partial charge in [0.1, 0.15) is 5.84 Å². The molecule has 2 heterocycles. The molecular formula is C35H47Cl2N5. The molecule has 4 fully saturated rings. The summed E-state index contributed by atoms with van der Waals surface area (Å²) in [5, 5.41) is 9.11. The molecule has 2 aliphatic heterocycles. The normalized spacial score (nSPS) is 26.1. The van der Waals surface area contributed by atoms with Crippen LogP contribution in [-0.4, -0.2) is 61.8 Å². The van der Waals surface area contributed by atoms with Crippen molar-refractivity contribution in [2.24, 2.45) is 15.9 Å². The first-order chi connectivity index (χ1) is 20.5. The van der Waals surface area contributed by atoms with E-state index in [0.717, 1.165) is 82.8 Å². The summed E-state index contributed by atoms with van der Waals surface area (Å²) in [4.78, 5) is 12.3. The molecular weight excluding hydrogens is 561 g/mol. The van der Waals surface area contributed by atoms with Gasteiger partial charge in [-0.3, -0.25) is 9.98 Å². The second-order valence-electron chi connectivity index (χ2n) is 13.2. The first-order valence-electron chi connectivity index (χ1n) is 16.4. The van der Waals surface area contributed by atoms with E-state index in [1.165, 1.54) is 69.8 Å². The highest BCUT2D eigenvalue weighted by Crippen LogP contribution is 2.49. The summed E-state index contributed by atoms with van der Waals surface area (Å²) in [5.41, 5.74) is 5.13. The van der Waals surface area contributed by atoms with Crippen LogP contribution in [0.1, 0.15) is 94.6 Å². The number of likely N-dealkylation sites (tertiary alicyclic amines) is 1. The Hall–Kier alpha value is -1.92. The number of fused-ring (bicyclic) bond motifs is 2. The maximum atomic E-state index is 7.09. The fraction of sp³-hybridized carbons (Fsp3) is 0.600. The van der Waals surface area contributed by atoms with Crippen molar-refractivity contribution in [3.05, 3.63) is 51.5 Å². The zero-order chi connectivity index (χ0) is 29.1. The molecule has 2 bridgehead atoms. The third-order valence-corrected chi connectivity index (χ3v) is 10.5. The van der Waals surface area contributed by atoms with E-state index in [1.807, 2.05) is 12.1 Å². The SMILES string of the molecule is C=Nc1cc(-c2cccc(Cl)c2C2CC2)c(Cl)cc1/C(=N\CCCCCNC1CCC(C)CC1)N1CC2CCC(C1)N2. The van der Waals surface area contributed by atoms with E-state index < -0.39 is 0 Å². The molecule has 2 atom stereocenters. The predicted molar refractivity (Wildman–Crippen MR) is 179 cm³/mol. The number of piperazine rings is 1. The Morgan fingerprint density at radius 1 is 0.929 bits per heavy atom. The zero-order valence-electron chi connectivity index (χ0n) is 25.2. The zero-order valence-corrected chi connectivity index (χ0v) is 26.7. The molecule has 6 rings (SSSR count). The van der Waals surface area contributed by atoms with Crippen LogP contribution in [0.3, 0.4) is 0 Å². The Labute approximate surface area is 262 Å². The lowest BCUT2D eigenvalue weighted by Gasteiger charge is -2.35. The standard InChI is InChI=1S/C35H47Cl2N5/c1-23-9-13-25(14-10-23)39-17-4-3-5-18-40-35(42-21-26-15-16-27(22-42)41-26)30-19-32(37)29(20-33(30)38-2)28-7-6-8-31(36)34(28)24-11-12-24/h6-8,19-20,23-27,39,41H,2-5,9-18,21-22H2,1H3/b40-35+. The van der Waals surface area contributed by atoms with Gasteiger partial charge in [0.15, 0.2) is 0 Å². The van der Waals surface area contributed by atoms with Gasteiger partial charge in [-0.15, -0.1) is 0 Å². The maximum absolute atomic E-state index is 7.09. The van der Waals surface area contributed by atoms with Gasteiger partial charge < -0.3 is 15.5 Å². The second-order valence-corrected chi connectivity index (χ2v) is 14.0. The monoisotopic (exact) mass is 607 g/mol. The van der Waals surface area contributed by atoms with E-state index in [2.05, 4.69) is 52.4 Å². The molecule has 2 aliphatic carbocycles. The van der Waals surface area contributed by atoms with E-state index in [9.17, 15) is 0 Å². The summed E-state index contributed by atoms with van der Waals surface area (Å²) in [6.07, 6.45) is 13.7. The summed E-state index contributed by atoms with van der Waals surface area (Å²) in [6.45, 7) is 10.2. The lowest BCUT2D eigenvalue weighted by atomic mass is 9.87. The third kappa shape index (κ3) is 7.07. The van der Waals surface area contributed by atoms with Crippen molar-refractivity contribution in [2.75, 3.05) is 26.2 Å². The lowest BCUT2D eigenvalue weighted by Crippen LogP contribution is -2.53. The van der Waals surface area contributed by atoms with Gasteiger partial charge in [-0.2, -0.15) is 0 Å². The number of halogens is 2. The number of rotatable bonds is 11. The van der Waals surface area contributed by atoms with Gasteiger partial charge in [0, 0.05) is 58.9 Å². The molecule has 2 saturated heterocycles. The maximum Gasteiger partial charge on any atom is 0.133 e. The third-order valence-electron chi connectivity index (χ3n) is 9.89. The molecule has 42 heavy (non-hydrogen) atoms. The molecule has 0 amide bonds. The molecule has 2 aromatic rings. The Morgan fingerprint density at radius 3 is 2.40 bits per heavy atom. The Bertz CT molecular complexity index is 1270. The van der Waals surface area contributed by atoms with Crippen LogP contribution in [0.2, 0.25) is 10.0 Å². The number of unbranched alkanes of at least 4 members (excludes halogenated alkanes) is 2. The van der Waals surface area contributed by atoms with Crippen LogP contribution < -0.4 is 10.6 Å². The average molecular weight is 609 g/mol. The predicted octanol–water partition coefficient (Wildman–Crippen LogP) is 8.39. The van der Waals surface area contributed by atoms with E-state index >= 15 is 0 Å². The molecule has 0 aromatic heterocycles. The summed E-state index contributed by atoms with van der Waals surface area (Å²) in [7, 11) is 0. The molecule has 0 radical (unpaired) electrons. The molecule has 4 aliphatic rings. The number of amidine groups is 1. The molecule has 2 unspecified atom stereocenters. The van der Waals surface area contributed by atoms with Gasteiger partial charge in [0.2, 0.25) is 0 Å². The fourth-order valence-electron chi connectivity index (χ4n) is 7.33. The van der Waals surface area contributed by atoms with Crippen LogP contribution in [0.4, 0.5) is 5.69 Å². The van der Waals surface area contributed by atoms with Crippen molar-refractivity contribution in [3.8, 4) is 11.1 Å². The summed E-state index contributed by atoms with van der Waals surface area (Å²) in [5.74, 6) is 2.44. The van der Waals surface area contributed by atoms with Crippen molar-refractivity contribution in [1.29, 1.82) is 0 Å². The number of nitrogens with one attached hydrogen (secondary N) is 2. The topological polar surface area (TPSA) is 52.0 Å². The minimum absolute atomic E-state index is 0.514. The summed E-state index contributed by atoms with van der Waals surface area (Å²) < 4.78 is 0. The highest BCUT2D eigenvalue weighted by Gasteiger charge is 2.35. The van der Waals surface area contributed by atoms with Crippen LogP contribution in [-0.2, 0) is 0 Å². The Kier molecular flexibility index (Phi) is 9.90. The number of nitrogens with zero attached hydrogens (tertiary/aromatic N) is 3. The van der Waals surface area contributed by atoms with Crippen molar-refractivity contribution in [3.63, 3.8) is 0 Å². The van der Waals surface area contributed by atoms with Crippen LogP contribution in [0.25, 0.3) is 11.1 Å². The molecule has 2 aromatic carbocycles. The molecule has 226 valence electrons. The second kappa shape index (κ2) is 13.8. The molecule has 0 spiro atoms.